The first kappa shape index (κ1) is 24.0. The van der Waals surface area contributed by atoms with Crippen LogP contribution in [-0.2, 0) is 0 Å². The minimum Gasteiger partial charge on any atom is -0.299 e. The summed E-state index contributed by atoms with van der Waals surface area (Å²) in [5, 5.41) is 0. The van der Waals surface area contributed by atoms with Crippen LogP contribution in [-0.4, -0.2) is 23.9 Å². The topological polar surface area (TPSA) is 48.0 Å². The van der Waals surface area contributed by atoms with Gasteiger partial charge < -0.3 is 0 Å². The standard InChI is InChI=1S/C37H25N5/c1-2-10-29(11-3-1)37-39-31-12-4-5-14-33(31)42(37)30-22-20-27(21-23-30)26-16-18-28(19-17-26)36-35(32-13-6-8-24-38-32)40-34-15-7-9-25-41(34)36/h1-25H. The summed E-state index contributed by atoms with van der Waals surface area (Å²) in [7, 11) is 0. The molecule has 0 aliphatic carbocycles. The molecule has 0 saturated heterocycles. The maximum absolute atomic E-state index is 4.98. The van der Waals surface area contributed by atoms with Crippen molar-refractivity contribution in [2.24, 2.45) is 0 Å². The first-order valence-electron chi connectivity index (χ1n) is 14.0. The Hall–Kier alpha value is -5.81. The van der Waals surface area contributed by atoms with Crippen molar-refractivity contribution in [3.63, 3.8) is 0 Å². The van der Waals surface area contributed by atoms with Crippen LogP contribution in [0.2, 0.25) is 0 Å². The molecule has 8 aromatic rings. The van der Waals surface area contributed by atoms with Gasteiger partial charge in [0.2, 0.25) is 0 Å². The summed E-state index contributed by atoms with van der Waals surface area (Å²) in [5.41, 5.74) is 11.3. The molecule has 5 nitrogen and oxygen atoms in total. The van der Waals surface area contributed by atoms with Gasteiger partial charge in [0.1, 0.15) is 17.2 Å². The van der Waals surface area contributed by atoms with Gasteiger partial charge in [-0.2, -0.15) is 0 Å². The number of aromatic nitrogens is 5. The Balaban J connectivity index is 1.17. The summed E-state index contributed by atoms with van der Waals surface area (Å²) >= 11 is 0. The van der Waals surface area contributed by atoms with Gasteiger partial charge in [0.15, 0.2) is 0 Å². The highest BCUT2D eigenvalue weighted by Gasteiger charge is 2.17. The summed E-state index contributed by atoms with van der Waals surface area (Å²) in [4.78, 5) is 14.5. The molecule has 0 unspecified atom stereocenters. The molecule has 4 aromatic carbocycles. The number of benzene rings is 4. The highest BCUT2D eigenvalue weighted by Crippen LogP contribution is 2.34. The lowest BCUT2D eigenvalue weighted by Gasteiger charge is -2.11. The average Bonchev–Trinajstić information content (AvgIpc) is 3.65. The number of hydrogen-bond donors (Lipinski definition) is 0. The molecule has 0 saturated carbocycles. The maximum atomic E-state index is 4.98. The molecule has 198 valence electrons. The average molecular weight is 540 g/mol. The number of imidazole rings is 2. The molecular weight excluding hydrogens is 514 g/mol. The fourth-order valence-corrected chi connectivity index (χ4v) is 5.64. The van der Waals surface area contributed by atoms with Crippen LogP contribution in [0.4, 0.5) is 0 Å². The van der Waals surface area contributed by atoms with Crippen LogP contribution in [0.1, 0.15) is 0 Å². The van der Waals surface area contributed by atoms with Crippen molar-refractivity contribution in [3.8, 4) is 50.8 Å². The van der Waals surface area contributed by atoms with Gasteiger partial charge in [0.05, 0.1) is 22.4 Å². The Morgan fingerprint density at radius 3 is 1.98 bits per heavy atom. The van der Waals surface area contributed by atoms with Gasteiger partial charge in [0.25, 0.3) is 0 Å². The van der Waals surface area contributed by atoms with Crippen LogP contribution in [0.5, 0.6) is 0 Å². The van der Waals surface area contributed by atoms with Crippen molar-refractivity contribution < 1.29 is 0 Å². The lowest BCUT2D eigenvalue weighted by atomic mass is 10.0. The molecule has 0 amide bonds. The van der Waals surface area contributed by atoms with Crippen molar-refractivity contribution >= 4 is 16.7 Å². The second-order valence-corrected chi connectivity index (χ2v) is 10.2. The fourth-order valence-electron chi connectivity index (χ4n) is 5.64. The van der Waals surface area contributed by atoms with Gasteiger partial charge in [-0.05, 0) is 59.7 Å². The van der Waals surface area contributed by atoms with E-state index in [1.54, 1.807) is 0 Å². The first-order valence-corrected chi connectivity index (χ1v) is 14.0. The van der Waals surface area contributed by atoms with E-state index in [0.29, 0.717) is 0 Å². The van der Waals surface area contributed by atoms with Crippen molar-refractivity contribution in [2.75, 3.05) is 0 Å². The van der Waals surface area contributed by atoms with Crippen molar-refractivity contribution in [1.29, 1.82) is 0 Å². The van der Waals surface area contributed by atoms with Crippen molar-refractivity contribution in [2.45, 2.75) is 0 Å². The maximum Gasteiger partial charge on any atom is 0.145 e. The quantitative estimate of drug-likeness (QED) is 0.220. The molecule has 5 heteroatoms. The number of fused-ring (bicyclic) bond motifs is 2. The zero-order valence-electron chi connectivity index (χ0n) is 22.7. The van der Waals surface area contributed by atoms with E-state index in [1.807, 2.05) is 54.7 Å². The highest BCUT2D eigenvalue weighted by atomic mass is 15.1. The van der Waals surface area contributed by atoms with E-state index in [9.17, 15) is 0 Å². The third-order valence-electron chi connectivity index (χ3n) is 7.65. The van der Waals surface area contributed by atoms with Crippen molar-refractivity contribution in [3.05, 3.63) is 152 Å². The van der Waals surface area contributed by atoms with E-state index in [1.165, 1.54) is 0 Å². The molecule has 0 spiro atoms. The molecule has 0 atom stereocenters. The number of nitrogens with zero attached hydrogens (tertiary/aromatic N) is 5. The first-order chi connectivity index (χ1) is 20.8. The van der Waals surface area contributed by atoms with Gasteiger partial charge in [-0.3, -0.25) is 14.0 Å². The number of pyridine rings is 2. The van der Waals surface area contributed by atoms with E-state index < -0.39 is 0 Å². The van der Waals surface area contributed by atoms with Gasteiger partial charge in [-0.1, -0.05) is 91.0 Å². The van der Waals surface area contributed by atoms with Gasteiger partial charge >= 0.3 is 0 Å². The smallest absolute Gasteiger partial charge is 0.145 e. The van der Waals surface area contributed by atoms with Crippen LogP contribution in [0.25, 0.3) is 67.5 Å². The Morgan fingerprint density at radius 1 is 0.500 bits per heavy atom. The fraction of sp³-hybridized carbons (Fsp3) is 0. The predicted molar refractivity (Wildman–Crippen MR) is 169 cm³/mol. The molecule has 4 heterocycles. The summed E-state index contributed by atoms with van der Waals surface area (Å²) in [6.45, 7) is 0. The van der Waals surface area contributed by atoms with E-state index in [0.717, 1.165) is 67.5 Å². The van der Waals surface area contributed by atoms with Crippen LogP contribution in [0.3, 0.4) is 0 Å². The zero-order valence-corrected chi connectivity index (χ0v) is 22.7. The van der Waals surface area contributed by atoms with E-state index in [-0.39, 0.29) is 0 Å². The molecule has 8 rings (SSSR count). The zero-order chi connectivity index (χ0) is 27.9. The Morgan fingerprint density at radius 2 is 1.19 bits per heavy atom. The second-order valence-electron chi connectivity index (χ2n) is 10.2. The summed E-state index contributed by atoms with van der Waals surface area (Å²) < 4.78 is 4.37. The highest BCUT2D eigenvalue weighted by molar-refractivity contribution is 5.84. The van der Waals surface area contributed by atoms with E-state index >= 15 is 0 Å². The third-order valence-corrected chi connectivity index (χ3v) is 7.65. The van der Waals surface area contributed by atoms with Crippen LogP contribution in [0, 0.1) is 0 Å². The molecule has 0 fully saturated rings. The van der Waals surface area contributed by atoms with Crippen LogP contribution in [0.15, 0.2) is 152 Å². The molecule has 0 aliphatic heterocycles. The normalized spacial score (nSPS) is 11.3. The predicted octanol–water partition coefficient (Wildman–Crippen LogP) is 8.74. The second kappa shape index (κ2) is 9.98. The summed E-state index contributed by atoms with van der Waals surface area (Å²) in [5.74, 6) is 0.936. The summed E-state index contributed by atoms with van der Waals surface area (Å²) in [6.07, 6.45) is 3.87. The molecule has 0 radical (unpaired) electrons. The molecule has 42 heavy (non-hydrogen) atoms. The minimum absolute atomic E-state index is 0.859. The number of para-hydroxylation sites is 2. The van der Waals surface area contributed by atoms with Crippen LogP contribution >= 0.6 is 0 Å². The molecular formula is C37H25N5. The monoisotopic (exact) mass is 539 g/mol. The lowest BCUT2D eigenvalue weighted by Crippen LogP contribution is -1.97. The SMILES string of the molecule is c1ccc(-c2nc3ccccc3n2-c2ccc(-c3ccc(-c4c(-c5ccccn5)nc5ccccn45)cc3)cc2)cc1. The Kier molecular flexibility index (Phi) is 5.71. The van der Waals surface area contributed by atoms with E-state index in [4.69, 9.17) is 9.97 Å². The molecule has 4 aromatic heterocycles. The number of hydrogen-bond acceptors (Lipinski definition) is 3. The Bertz CT molecular complexity index is 2000. The molecule has 0 N–H and O–H groups in total. The van der Waals surface area contributed by atoms with Crippen molar-refractivity contribution in [1.82, 2.24) is 23.9 Å². The number of rotatable bonds is 5. The van der Waals surface area contributed by atoms with Gasteiger partial charge in [-0.15, -0.1) is 0 Å². The molecule has 0 bridgehead atoms. The van der Waals surface area contributed by atoms with Crippen LogP contribution < -0.4 is 0 Å². The summed E-state index contributed by atoms with van der Waals surface area (Å²) in [6, 6.07) is 48.1. The van der Waals surface area contributed by atoms with Gasteiger partial charge in [0, 0.05) is 29.2 Å². The third kappa shape index (κ3) is 4.07. The minimum atomic E-state index is 0.859. The Labute approximate surface area is 243 Å². The largest absolute Gasteiger partial charge is 0.299 e. The van der Waals surface area contributed by atoms with E-state index in [2.05, 4.69) is 111 Å². The van der Waals surface area contributed by atoms with Gasteiger partial charge in [-0.25, -0.2) is 9.97 Å². The lowest BCUT2D eigenvalue weighted by molar-refractivity contribution is 1.10. The molecule has 0 aliphatic rings.